The van der Waals surface area contributed by atoms with E-state index in [1.54, 1.807) is 0 Å². The van der Waals surface area contributed by atoms with Crippen molar-refractivity contribution in [3.63, 3.8) is 0 Å². The van der Waals surface area contributed by atoms with Gasteiger partial charge in [0.1, 0.15) is 12.0 Å². The smallest absolute Gasteiger partial charge is 0.306 e. The van der Waals surface area contributed by atoms with Gasteiger partial charge in [0.05, 0.1) is 12.1 Å². The molecule has 1 aromatic rings. The molecule has 0 atom stereocenters. The van der Waals surface area contributed by atoms with E-state index in [1.807, 2.05) is 0 Å². The number of carbonyl (C=O) groups excluding carboxylic acids is 1. The van der Waals surface area contributed by atoms with Crippen molar-refractivity contribution in [3.05, 3.63) is 12.5 Å². The highest BCUT2D eigenvalue weighted by atomic mass is 16.5. The topological polar surface area (TPSA) is 92.4 Å². The lowest BCUT2D eigenvalue weighted by Gasteiger charge is -2.24. The molecule has 1 heterocycles. The number of aromatic nitrogens is 1. The van der Waals surface area contributed by atoms with Crippen LogP contribution in [0.15, 0.2) is 17.0 Å². The molecule has 6 heteroatoms. The standard InChI is InChI=1S/C11H14N2O4/c14-10(13-9-5-12-17-6-9)7-1-3-8(4-2-7)11(15)16/h5-8H,1-4H2,(H,13,14)(H,15,16). The maximum Gasteiger partial charge on any atom is 0.306 e. The van der Waals surface area contributed by atoms with Gasteiger partial charge in [0.2, 0.25) is 5.91 Å². The van der Waals surface area contributed by atoms with Crippen LogP contribution >= 0.6 is 0 Å². The van der Waals surface area contributed by atoms with Gasteiger partial charge in [0.25, 0.3) is 0 Å². The number of carboxylic acids is 1. The molecule has 1 amide bonds. The lowest BCUT2D eigenvalue weighted by Crippen LogP contribution is -2.29. The first-order chi connectivity index (χ1) is 8.16. The highest BCUT2D eigenvalue weighted by molar-refractivity contribution is 5.92. The number of nitrogens with zero attached hydrogens (tertiary/aromatic N) is 1. The van der Waals surface area contributed by atoms with Crippen LogP contribution < -0.4 is 5.32 Å². The lowest BCUT2D eigenvalue weighted by molar-refractivity contribution is -0.143. The van der Waals surface area contributed by atoms with Crippen molar-refractivity contribution in [1.29, 1.82) is 0 Å². The summed E-state index contributed by atoms with van der Waals surface area (Å²) < 4.78 is 4.61. The fraction of sp³-hybridized carbons (Fsp3) is 0.545. The first kappa shape index (κ1) is 11.6. The van der Waals surface area contributed by atoms with Crippen LogP contribution in [0.4, 0.5) is 5.69 Å². The van der Waals surface area contributed by atoms with Crippen molar-refractivity contribution in [3.8, 4) is 0 Å². The monoisotopic (exact) mass is 238 g/mol. The van der Waals surface area contributed by atoms with Crippen molar-refractivity contribution in [2.45, 2.75) is 25.7 Å². The Morgan fingerprint density at radius 1 is 1.29 bits per heavy atom. The Bertz CT molecular complexity index is 394. The van der Waals surface area contributed by atoms with E-state index in [0.29, 0.717) is 31.4 Å². The number of nitrogens with one attached hydrogen (secondary N) is 1. The number of aliphatic carboxylic acids is 1. The van der Waals surface area contributed by atoms with E-state index in [2.05, 4.69) is 15.0 Å². The minimum absolute atomic E-state index is 0.0861. The van der Waals surface area contributed by atoms with Crippen molar-refractivity contribution >= 4 is 17.6 Å². The van der Waals surface area contributed by atoms with Gasteiger partial charge in [-0.1, -0.05) is 5.16 Å². The van der Waals surface area contributed by atoms with Crippen LogP contribution in [0.2, 0.25) is 0 Å². The molecule has 0 radical (unpaired) electrons. The summed E-state index contributed by atoms with van der Waals surface area (Å²) >= 11 is 0. The molecule has 0 bridgehead atoms. The number of carbonyl (C=O) groups is 2. The Morgan fingerprint density at radius 3 is 2.47 bits per heavy atom. The van der Waals surface area contributed by atoms with Gasteiger partial charge in [0.15, 0.2) is 0 Å². The SMILES string of the molecule is O=C(O)C1CCC(C(=O)Nc2cnoc2)CC1. The molecule has 2 N–H and O–H groups in total. The number of carboxylic acid groups (broad SMARTS) is 1. The van der Waals surface area contributed by atoms with Gasteiger partial charge in [-0.2, -0.15) is 0 Å². The fourth-order valence-electron chi connectivity index (χ4n) is 2.11. The fourth-order valence-corrected chi connectivity index (χ4v) is 2.11. The molecular formula is C11H14N2O4. The highest BCUT2D eigenvalue weighted by Gasteiger charge is 2.29. The molecule has 0 aliphatic heterocycles. The van der Waals surface area contributed by atoms with E-state index in [-0.39, 0.29) is 17.7 Å². The van der Waals surface area contributed by atoms with Crippen molar-refractivity contribution in [2.24, 2.45) is 11.8 Å². The number of rotatable bonds is 3. The largest absolute Gasteiger partial charge is 0.481 e. The van der Waals surface area contributed by atoms with E-state index >= 15 is 0 Å². The average molecular weight is 238 g/mol. The van der Waals surface area contributed by atoms with Gasteiger partial charge < -0.3 is 14.9 Å². The van der Waals surface area contributed by atoms with Crippen LogP contribution in [0.25, 0.3) is 0 Å². The van der Waals surface area contributed by atoms with Gasteiger partial charge >= 0.3 is 5.97 Å². The number of amides is 1. The predicted octanol–water partition coefficient (Wildman–Crippen LogP) is 1.50. The predicted molar refractivity (Wildman–Crippen MR) is 58.2 cm³/mol. The molecule has 1 fully saturated rings. The van der Waals surface area contributed by atoms with E-state index in [1.165, 1.54) is 12.5 Å². The maximum atomic E-state index is 11.8. The van der Waals surface area contributed by atoms with Gasteiger partial charge in [-0.3, -0.25) is 9.59 Å². The number of hydrogen-bond donors (Lipinski definition) is 2. The van der Waals surface area contributed by atoms with Gasteiger partial charge in [-0.05, 0) is 25.7 Å². The second kappa shape index (κ2) is 4.99. The summed E-state index contributed by atoms with van der Waals surface area (Å²) in [6, 6.07) is 0. The maximum absolute atomic E-state index is 11.8. The van der Waals surface area contributed by atoms with Gasteiger partial charge in [-0.25, -0.2) is 0 Å². The number of hydrogen-bond acceptors (Lipinski definition) is 4. The van der Waals surface area contributed by atoms with Gasteiger partial charge in [-0.15, -0.1) is 0 Å². The molecule has 0 spiro atoms. The van der Waals surface area contributed by atoms with Gasteiger partial charge in [0, 0.05) is 5.92 Å². The van der Waals surface area contributed by atoms with E-state index in [0.717, 1.165) is 0 Å². The van der Waals surface area contributed by atoms with Crippen molar-refractivity contribution in [2.75, 3.05) is 5.32 Å². The van der Waals surface area contributed by atoms with Crippen LogP contribution in [-0.4, -0.2) is 22.1 Å². The molecule has 92 valence electrons. The first-order valence-electron chi connectivity index (χ1n) is 5.60. The normalized spacial score (nSPS) is 24.2. The summed E-state index contributed by atoms with van der Waals surface area (Å²) in [5, 5.41) is 15.0. The summed E-state index contributed by atoms with van der Waals surface area (Å²) in [7, 11) is 0. The summed E-state index contributed by atoms with van der Waals surface area (Å²) in [5.74, 6) is -1.25. The molecule has 0 aromatic carbocycles. The average Bonchev–Trinajstić information content (AvgIpc) is 2.82. The summed E-state index contributed by atoms with van der Waals surface area (Å²) in [4.78, 5) is 22.6. The molecule has 0 saturated heterocycles. The molecule has 6 nitrogen and oxygen atoms in total. The zero-order chi connectivity index (χ0) is 12.3. The Kier molecular flexibility index (Phi) is 3.41. The highest BCUT2D eigenvalue weighted by Crippen LogP contribution is 2.29. The van der Waals surface area contributed by atoms with Crippen molar-refractivity contribution in [1.82, 2.24) is 5.16 Å². The molecule has 1 aromatic heterocycles. The third kappa shape index (κ3) is 2.83. The zero-order valence-corrected chi connectivity index (χ0v) is 9.26. The molecule has 1 saturated carbocycles. The Morgan fingerprint density at radius 2 is 1.94 bits per heavy atom. The third-order valence-corrected chi connectivity index (χ3v) is 3.15. The lowest BCUT2D eigenvalue weighted by atomic mass is 9.81. The minimum atomic E-state index is -0.761. The Labute approximate surface area is 98.0 Å². The molecule has 2 rings (SSSR count). The minimum Gasteiger partial charge on any atom is -0.481 e. The molecule has 1 aliphatic rings. The first-order valence-corrected chi connectivity index (χ1v) is 5.60. The Hall–Kier alpha value is -1.85. The summed E-state index contributed by atoms with van der Waals surface area (Å²) in [5.41, 5.74) is 0.537. The second-order valence-corrected chi connectivity index (χ2v) is 4.29. The Balaban J connectivity index is 1.84. The van der Waals surface area contributed by atoms with Crippen LogP contribution in [0.3, 0.4) is 0 Å². The quantitative estimate of drug-likeness (QED) is 0.832. The molecule has 1 aliphatic carbocycles. The summed E-state index contributed by atoms with van der Waals surface area (Å²) in [6.45, 7) is 0. The number of anilines is 1. The summed E-state index contributed by atoms with van der Waals surface area (Å²) in [6.07, 6.45) is 5.16. The van der Waals surface area contributed by atoms with Crippen LogP contribution in [0.5, 0.6) is 0 Å². The van der Waals surface area contributed by atoms with Crippen LogP contribution in [0, 0.1) is 11.8 Å². The zero-order valence-electron chi connectivity index (χ0n) is 9.26. The van der Waals surface area contributed by atoms with Crippen molar-refractivity contribution < 1.29 is 19.2 Å². The molecule has 17 heavy (non-hydrogen) atoms. The molecular weight excluding hydrogens is 224 g/mol. The molecule has 0 unspecified atom stereocenters. The van der Waals surface area contributed by atoms with Crippen LogP contribution in [-0.2, 0) is 9.59 Å². The third-order valence-electron chi connectivity index (χ3n) is 3.15. The van der Waals surface area contributed by atoms with E-state index < -0.39 is 5.97 Å². The second-order valence-electron chi connectivity index (χ2n) is 4.29. The van der Waals surface area contributed by atoms with Crippen LogP contribution in [0.1, 0.15) is 25.7 Å². The van der Waals surface area contributed by atoms with E-state index in [4.69, 9.17) is 5.11 Å². The van der Waals surface area contributed by atoms with E-state index in [9.17, 15) is 9.59 Å².